The van der Waals surface area contributed by atoms with Gasteiger partial charge in [-0.2, -0.15) is 0 Å². The van der Waals surface area contributed by atoms with Crippen LogP contribution >= 0.6 is 0 Å². The number of aromatic nitrogens is 3. The lowest BCUT2D eigenvalue weighted by Crippen LogP contribution is -2.37. The molecule has 0 bridgehead atoms. The van der Waals surface area contributed by atoms with Gasteiger partial charge in [-0.05, 0) is 12.5 Å². The van der Waals surface area contributed by atoms with E-state index in [1.54, 1.807) is 13.1 Å². The van der Waals surface area contributed by atoms with Gasteiger partial charge in [0.1, 0.15) is 5.65 Å². The van der Waals surface area contributed by atoms with E-state index in [0.29, 0.717) is 23.1 Å². The van der Waals surface area contributed by atoms with Gasteiger partial charge in [0.15, 0.2) is 0 Å². The third-order valence-electron chi connectivity index (χ3n) is 3.58. The summed E-state index contributed by atoms with van der Waals surface area (Å²) < 4.78 is 2.33. The molecule has 2 rings (SSSR count). The molecule has 0 aromatic carbocycles. The number of hydrogen-bond acceptors (Lipinski definition) is 4. The van der Waals surface area contributed by atoms with Crippen molar-refractivity contribution in [3.63, 3.8) is 0 Å². The molecule has 0 aliphatic heterocycles. The number of unbranched alkanes of at least 4 members (excludes halogenated alkanes) is 2. The fourth-order valence-corrected chi connectivity index (χ4v) is 2.29. The molecule has 22 heavy (non-hydrogen) atoms. The first kappa shape index (κ1) is 15.9. The van der Waals surface area contributed by atoms with Gasteiger partial charge in [0, 0.05) is 20.5 Å². The molecular weight excluding hydrogens is 284 g/mol. The molecule has 0 radical (unpaired) electrons. The summed E-state index contributed by atoms with van der Waals surface area (Å²) in [6.45, 7) is 2.07. The van der Waals surface area contributed by atoms with Crippen LogP contribution in [0.15, 0.2) is 21.9 Å². The molecule has 0 aliphatic carbocycles. The highest BCUT2D eigenvalue weighted by Crippen LogP contribution is 2.12. The summed E-state index contributed by atoms with van der Waals surface area (Å²) in [5.74, 6) is -0.101. The monoisotopic (exact) mass is 304 g/mol. The highest BCUT2D eigenvalue weighted by molar-refractivity contribution is 5.92. The second-order valence-corrected chi connectivity index (χ2v) is 5.31. The Morgan fingerprint density at radius 3 is 2.64 bits per heavy atom. The molecule has 2 aromatic rings. The highest BCUT2D eigenvalue weighted by atomic mass is 16.2. The summed E-state index contributed by atoms with van der Waals surface area (Å²) in [6, 6.07) is 1.56. The molecular formula is C15H20N4O3. The number of rotatable bonds is 5. The van der Waals surface area contributed by atoms with E-state index in [4.69, 9.17) is 0 Å². The van der Waals surface area contributed by atoms with Crippen molar-refractivity contribution in [2.24, 2.45) is 14.1 Å². The molecule has 2 heterocycles. The maximum atomic E-state index is 12.1. The third-order valence-corrected chi connectivity index (χ3v) is 3.58. The van der Waals surface area contributed by atoms with Gasteiger partial charge in [-0.25, -0.2) is 9.78 Å². The van der Waals surface area contributed by atoms with Crippen molar-refractivity contribution in [2.45, 2.75) is 32.6 Å². The SMILES string of the molecule is CCCCCC(=O)Nc1cnc2c(c1)c(=O)n(C)c(=O)n2C. The van der Waals surface area contributed by atoms with Crippen molar-refractivity contribution >= 4 is 22.6 Å². The fourth-order valence-electron chi connectivity index (χ4n) is 2.29. The van der Waals surface area contributed by atoms with E-state index < -0.39 is 11.2 Å². The number of nitrogens with zero attached hydrogens (tertiary/aromatic N) is 3. The predicted molar refractivity (Wildman–Crippen MR) is 85.0 cm³/mol. The molecule has 0 fully saturated rings. The normalized spacial score (nSPS) is 10.9. The van der Waals surface area contributed by atoms with E-state index in [1.165, 1.54) is 17.8 Å². The van der Waals surface area contributed by atoms with Crippen LogP contribution in [0.4, 0.5) is 5.69 Å². The van der Waals surface area contributed by atoms with Crippen molar-refractivity contribution in [1.29, 1.82) is 0 Å². The van der Waals surface area contributed by atoms with Gasteiger partial charge in [-0.15, -0.1) is 0 Å². The molecule has 0 unspecified atom stereocenters. The number of aryl methyl sites for hydroxylation is 1. The molecule has 0 saturated carbocycles. The number of nitrogens with one attached hydrogen (secondary N) is 1. The number of carbonyl (C=O) groups excluding carboxylic acids is 1. The van der Waals surface area contributed by atoms with Crippen LogP contribution < -0.4 is 16.6 Å². The Morgan fingerprint density at radius 1 is 1.23 bits per heavy atom. The summed E-state index contributed by atoms with van der Waals surface area (Å²) in [7, 11) is 2.97. The summed E-state index contributed by atoms with van der Waals surface area (Å²) in [6.07, 6.45) is 4.79. The largest absolute Gasteiger partial charge is 0.332 e. The van der Waals surface area contributed by atoms with Crippen molar-refractivity contribution in [3.05, 3.63) is 33.1 Å². The van der Waals surface area contributed by atoms with Crippen molar-refractivity contribution < 1.29 is 4.79 Å². The first-order chi connectivity index (χ1) is 10.5. The zero-order valence-corrected chi connectivity index (χ0v) is 13.0. The number of carbonyl (C=O) groups is 1. The van der Waals surface area contributed by atoms with Crippen LogP contribution in [0.2, 0.25) is 0 Å². The molecule has 0 saturated heterocycles. The standard InChI is InChI=1S/C15H20N4O3/c1-4-5-6-7-12(20)17-10-8-11-13(16-9-10)18(2)15(22)19(3)14(11)21/h8-9H,4-7H2,1-3H3,(H,17,20). The average Bonchev–Trinajstić information content (AvgIpc) is 2.51. The average molecular weight is 304 g/mol. The number of anilines is 1. The van der Waals surface area contributed by atoms with Crippen LogP contribution in [0.1, 0.15) is 32.6 Å². The van der Waals surface area contributed by atoms with Crippen LogP contribution in [-0.4, -0.2) is 20.0 Å². The third kappa shape index (κ3) is 3.08. The highest BCUT2D eigenvalue weighted by Gasteiger charge is 2.11. The van der Waals surface area contributed by atoms with Gasteiger partial charge < -0.3 is 5.32 Å². The zero-order valence-electron chi connectivity index (χ0n) is 13.0. The quantitative estimate of drug-likeness (QED) is 0.840. The molecule has 1 amide bonds. The second-order valence-electron chi connectivity index (χ2n) is 5.31. The lowest BCUT2D eigenvalue weighted by atomic mass is 10.2. The van der Waals surface area contributed by atoms with Crippen molar-refractivity contribution in [3.8, 4) is 0 Å². The van der Waals surface area contributed by atoms with Gasteiger partial charge in [-0.3, -0.25) is 18.7 Å². The van der Waals surface area contributed by atoms with Gasteiger partial charge in [0.05, 0.1) is 17.3 Å². The number of hydrogen-bond donors (Lipinski definition) is 1. The van der Waals surface area contributed by atoms with E-state index in [-0.39, 0.29) is 5.91 Å². The van der Waals surface area contributed by atoms with E-state index in [1.807, 2.05) is 0 Å². The second kappa shape index (κ2) is 6.55. The maximum absolute atomic E-state index is 12.1. The zero-order chi connectivity index (χ0) is 16.3. The van der Waals surface area contributed by atoms with Crippen LogP contribution in [0.5, 0.6) is 0 Å². The Balaban J connectivity index is 2.33. The predicted octanol–water partition coefficient (Wildman–Crippen LogP) is 1.15. The van der Waals surface area contributed by atoms with Gasteiger partial charge in [0.2, 0.25) is 5.91 Å². The molecule has 1 N–H and O–H groups in total. The topological polar surface area (TPSA) is 86.0 Å². The molecule has 7 heteroatoms. The van der Waals surface area contributed by atoms with Crippen LogP contribution in [-0.2, 0) is 18.9 Å². The Kier molecular flexibility index (Phi) is 4.75. The molecule has 118 valence electrons. The summed E-state index contributed by atoms with van der Waals surface area (Å²) in [4.78, 5) is 39.9. The summed E-state index contributed by atoms with van der Waals surface area (Å²) in [5, 5.41) is 3.04. The van der Waals surface area contributed by atoms with E-state index in [2.05, 4.69) is 17.2 Å². The minimum absolute atomic E-state index is 0.101. The Hall–Kier alpha value is -2.44. The lowest BCUT2D eigenvalue weighted by Gasteiger charge is -2.09. The van der Waals surface area contributed by atoms with Gasteiger partial charge in [0.25, 0.3) is 5.56 Å². The smallest absolute Gasteiger partial charge is 0.325 e. The number of amides is 1. The van der Waals surface area contributed by atoms with Gasteiger partial charge >= 0.3 is 5.69 Å². The Labute approximate surface area is 127 Å². The van der Waals surface area contributed by atoms with Crippen LogP contribution in [0.25, 0.3) is 11.0 Å². The molecule has 2 aromatic heterocycles. The molecule has 0 aliphatic rings. The van der Waals surface area contributed by atoms with Crippen molar-refractivity contribution in [1.82, 2.24) is 14.1 Å². The summed E-state index contributed by atoms with van der Waals surface area (Å²) in [5.41, 5.74) is -0.0872. The van der Waals surface area contributed by atoms with E-state index in [9.17, 15) is 14.4 Å². The molecule has 0 atom stereocenters. The maximum Gasteiger partial charge on any atom is 0.332 e. The summed E-state index contributed by atoms with van der Waals surface area (Å²) >= 11 is 0. The minimum atomic E-state index is -0.429. The minimum Gasteiger partial charge on any atom is -0.325 e. The van der Waals surface area contributed by atoms with Gasteiger partial charge in [-0.1, -0.05) is 19.8 Å². The van der Waals surface area contributed by atoms with Crippen LogP contribution in [0, 0.1) is 0 Å². The number of pyridine rings is 1. The molecule has 7 nitrogen and oxygen atoms in total. The van der Waals surface area contributed by atoms with E-state index in [0.717, 1.165) is 23.8 Å². The van der Waals surface area contributed by atoms with Crippen molar-refractivity contribution in [2.75, 3.05) is 5.32 Å². The Bertz CT molecular complexity index is 820. The van der Waals surface area contributed by atoms with E-state index >= 15 is 0 Å². The first-order valence-electron chi connectivity index (χ1n) is 7.31. The number of fused-ring (bicyclic) bond motifs is 1. The Morgan fingerprint density at radius 2 is 1.95 bits per heavy atom. The van der Waals surface area contributed by atoms with Crippen LogP contribution in [0.3, 0.4) is 0 Å². The fraction of sp³-hybridized carbons (Fsp3) is 0.467. The first-order valence-corrected chi connectivity index (χ1v) is 7.31. The lowest BCUT2D eigenvalue weighted by molar-refractivity contribution is -0.116. The molecule has 0 spiro atoms.